The van der Waals surface area contributed by atoms with Crippen molar-refractivity contribution >= 4 is 11.8 Å². The third-order valence-corrected chi connectivity index (χ3v) is 4.31. The summed E-state index contributed by atoms with van der Waals surface area (Å²) >= 11 is 1.96. The van der Waals surface area contributed by atoms with Crippen LogP contribution in [0.3, 0.4) is 0 Å². The van der Waals surface area contributed by atoms with Crippen LogP contribution in [0.2, 0.25) is 0 Å². The first-order valence-electron chi connectivity index (χ1n) is 6.24. The summed E-state index contributed by atoms with van der Waals surface area (Å²) in [5.41, 5.74) is 0.261. The molecule has 0 heterocycles. The maximum Gasteiger partial charge on any atom is -0.00206 e. The predicted molar refractivity (Wildman–Crippen MR) is 74.4 cm³/mol. The molecule has 0 saturated carbocycles. The van der Waals surface area contributed by atoms with Crippen molar-refractivity contribution in [1.82, 2.24) is 0 Å². The van der Waals surface area contributed by atoms with E-state index >= 15 is 0 Å². The molecule has 0 fully saturated rings. The summed E-state index contributed by atoms with van der Waals surface area (Å²) in [4.78, 5) is 1.33. The highest BCUT2D eigenvalue weighted by Gasteiger charge is 2.15. The second-order valence-corrected chi connectivity index (χ2v) is 6.56. The second-order valence-electron chi connectivity index (χ2n) is 5.37. The van der Waals surface area contributed by atoms with Crippen LogP contribution >= 0.6 is 11.8 Å². The van der Waals surface area contributed by atoms with E-state index in [1.165, 1.54) is 36.3 Å². The van der Waals surface area contributed by atoms with Crippen molar-refractivity contribution in [2.24, 2.45) is 11.3 Å². The highest BCUT2D eigenvalue weighted by Crippen LogP contribution is 2.34. The van der Waals surface area contributed by atoms with Gasteiger partial charge in [0.15, 0.2) is 0 Å². The zero-order valence-corrected chi connectivity index (χ0v) is 12.0. The van der Waals surface area contributed by atoms with Crippen LogP contribution in [0.25, 0.3) is 0 Å². The van der Waals surface area contributed by atoms with E-state index in [1.807, 2.05) is 11.8 Å². The molecular formula is C14H28S. The SMILES string of the molecule is C=C(SCCC(CC)CCC)C(C)(C)C. The van der Waals surface area contributed by atoms with E-state index in [4.69, 9.17) is 0 Å². The number of hydrogen-bond acceptors (Lipinski definition) is 1. The Balaban J connectivity index is 3.73. The van der Waals surface area contributed by atoms with Crippen LogP contribution in [0.5, 0.6) is 0 Å². The van der Waals surface area contributed by atoms with Gasteiger partial charge < -0.3 is 0 Å². The molecule has 0 aliphatic heterocycles. The molecule has 0 spiro atoms. The Bertz CT molecular complexity index is 176. The molecule has 1 unspecified atom stereocenters. The lowest BCUT2D eigenvalue weighted by molar-refractivity contribution is 0.453. The molecule has 0 saturated heterocycles. The molecule has 0 nitrogen and oxygen atoms in total. The minimum absolute atomic E-state index is 0.261. The summed E-state index contributed by atoms with van der Waals surface area (Å²) in [6, 6.07) is 0. The van der Waals surface area contributed by atoms with Gasteiger partial charge in [0.1, 0.15) is 0 Å². The molecule has 0 aromatic heterocycles. The molecule has 0 aromatic rings. The van der Waals surface area contributed by atoms with Gasteiger partial charge >= 0.3 is 0 Å². The van der Waals surface area contributed by atoms with Gasteiger partial charge in [-0.2, -0.15) is 0 Å². The summed E-state index contributed by atoms with van der Waals surface area (Å²) in [5.74, 6) is 2.17. The fourth-order valence-corrected chi connectivity index (χ4v) is 2.66. The summed E-state index contributed by atoms with van der Waals surface area (Å²) in [7, 11) is 0. The molecule has 1 heteroatoms. The van der Waals surface area contributed by atoms with Crippen LogP contribution < -0.4 is 0 Å². The predicted octanol–water partition coefficient (Wildman–Crippen LogP) is 5.50. The molecular weight excluding hydrogens is 200 g/mol. The standard InChI is InChI=1S/C14H28S/c1-7-9-13(8-2)10-11-15-12(3)14(4,5)6/h13H,3,7-11H2,1-2,4-6H3. The van der Waals surface area contributed by atoms with Gasteiger partial charge in [0, 0.05) is 0 Å². The van der Waals surface area contributed by atoms with E-state index in [1.54, 1.807) is 0 Å². The molecule has 0 aromatic carbocycles. The van der Waals surface area contributed by atoms with Crippen molar-refractivity contribution in [3.63, 3.8) is 0 Å². The maximum absolute atomic E-state index is 4.16. The van der Waals surface area contributed by atoms with Crippen molar-refractivity contribution in [3.8, 4) is 0 Å². The van der Waals surface area contributed by atoms with E-state index < -0.39 is 0 Å². The summed E-state index contributed by atoms with van der Waals surface area (Å²) in [6.07, 6.45) is 5.39. The second kappa shape index (κ2) is 7.38. The zero-order valence-electron chi connectivity index (χ0n) is 11.2. The van der Waals surface area contributed by atoms with Crippen molar-refractivity contribution in [3.05, 3.63) is 11.5 Å². The van der Waals surface area contributed by atoms with Crippen LogP contribution in [0.15, 0.2) is 11.5 Å². The topological polar surface area (TPSA) is 0 Å². The van der Waals surface area contributed by atoms with E-state index in [0.717, 1.165) is 5.92 Å². The molecule has 0 N–H and O–H groups in total. The minimum atomic E-state index is 0.261. The summed E-state index contributed by atoms with van der Waals surface area (Å²) < 4.78 is 0. The summed E-state index contributed by atoms with van der Waals surface area (Å²) in [6.45, 7) is 15.5. The van der Waals surface area contributed by atoms with Gasteiger partial charge in [0.25, 0.3) is 0 Å². The van der Waals surface area contributed by atoms with Crippen LogP contribution in [0, 0.1) is 11.3 Å². The molecule has 0 bridgehead atoms. The lowest BCUT2D eigenvalue weighted by Gasteiger charge is -2.22. The molecule has 0 aliphatic carbocycles. The van der Waals surface area contributed by atoms with Crippen LogP contribution in [-0.4, -0.2) is 5.75 Å². The fraction of sp³-hybridized carbons (Fsp3) is 0.857. The first-order chi connectivity index (χ1) is 6.91. The average molecular weight is 228 g/mol. The number of hydrogen-bond donors (Lipinski definition) is 0. The smallest absolute Gasteiger partial charge is 0.00206 e. The Hall–Kier alpha value is 0.0900. The van der Waals surface area contributed by atoms with Gasteiger partial charge in [0.2, 0.25) is 0 Å². The lowest BCUT2D eigenvalue weighted by Crippen LogP contribution is -2.07. The highest BCUT2D eigenvalue weighted by molar-refractivity contribution is 8.03. The normalized spacial score (nSPS) is 13.9. The van der Waals surface area contributed by atoms with Crippen molar-refractivity contribution in [2.75, 3.05) is 5.75 Å². The third-order valence-electron chi connectivity index (χ3n) is 2.91. The maximum atomic E-state index is 4.16. The molecule has 1 atom stereocenters. The Morgan fingerprint density at radius 3 is 2.20 bits per heavy atom. The monoisotopic (exact) mass is 228 g/mol. The van der Waals surface area contributed by atoms with Crippen molar-refractivity contribution in [2.45, 2.75) is 60.3 Å². The molecule has 0 amide bonds. The van der Waals surface area contributed by atoms with Gasteiger partial charge in [-0.3, -0.25) is 0 Å². The fourth-order valence-electron chi connectivity index (χ4n) is 1.53. The van der Waals surface area contributed by atoms with Gasteiger partial charge in [0.05, 0.1) is 0 Å². The van der Waals surface area contributed by atoms with Crippen molar-refractivity contribution < 1.29 is 0 Å². The Labute approximate surface area is 101 Å². The number of thioether (sulfide) groups is 1. The largest absolute Gasteiger partial charge is 0.131 e. The quantitative estimate of drug-likeness (QED) is 0.555. The van der Waals surface area contributed by atoms with Gasteiger partial charge in [-0.1, -0.05) is 60.5 Å². The van der Waals surface area contributed by atoms with Crippen LogP contribution in [0.1, 0.15) is 60.3 Å². The van der Waals surface area contributed by atoms with Crippen LogP contribution in [-0.2, 0) is 0 Å². The highest BCUT2D eigenvalue weighted by atomic mass is 32.2. The van der Waals surface area contributed by atoms with Gasteiger partial charge in [-0.15, -0.1) is 11.8 Å². The van der Waals surface area contributed by atoms with E-state index in [-0.39, 0.29) is 5.41 Å². The minimum Gasteiger partial charge on any atom is -0.131 e. The van der Waals surface area contributed by atoms with Gasteiger partial charge in [-0.25, -0.2) is 0 Å². The average Bonchev–Trinajstić information content (AvgIpc) is 2.14. The molecule has 90 valence electrons. The zero-order chi connectivity index (χ0) is 11.9. The van der Waals surface area contributed by atoms with Crippen LogP contribution in [0.4, 0.5) is 0 Å². The Morgan fingerprint density at radius 1 is 1.20 bits per heavy atom. The first kappa shape index (κ1) is 15.1. The third kappa shape index (κ3) is 7.05. The Kier molecular flexibility index (Phi) is 7.42. The summed E-state index contributed by atoms with van der Waals surface area (Å²) in [5, 5.41) is 0. The first-order valence-corrected chi connectivity index (χ1v) is 7.22. The molecule has 0 rings (SSSR count). The number of allylic oxidation sites excluding steroid dienone is 1. The van der Waals surface area contributed by atoms with E-state index in [9.17, 15) is 0 Å². The van der Waals surface area contributed by atoms with E-state index in [2.05, 4.69) is 41.2 Å². The van der Waals surface area contributed by atoms with Crippen molar-refractivity contribution in [1.29, 1.82) is 0 Å². The lowest BCUT2D eigenvalue weighted by atomic mass is 9.97. The van der Waals surface area contributed by atoms with Gasteiger partial charge in [-0.05, 0) is 28.4 Å². The molecule has 0 radical (unpaired) electrons. The van der Waals surface area contributed by atoms with E-state index in [0.29, 0.717) is 0 Å². The number of rotatable bonds is 7. The molecule has 0 aliphatic rings. The molecule has 15 heavy (non-hydrogen) atoms. The Morgan fingerprint density at radius 2 is 1.80 bits per heavy atom.